The number of aromatic nitrogens is 1. The van der Waals surface area contributed by atoms with E-state index in [-0.39, 0.29) is 15.8 Å². The van der Waals surface area contributed by atoms with Crippen LogP contribution in [0, 0.1) is 5.92 Å². The van der Waals surface area contributed by atoms with Crippen LogP contribution in [0.1, 0.15) is 12.8 Å². The summed E-state index contributed by atoms with van der Waals surface area (Å²) in [4.78, 5) is 3.74. The lowest BCUT2D eigenvalue weighted by Gasteiger charge is -2.31. The van der Waals surface area contributed by atoms with Crippen LogP contribution in [0.3, 0.4) is 0 Å². The van der Waals surface area contributed by atoms with Gasteiger partial charge in [-0.3, -0.25) is 0 Å². The summed E-state index contributed by atoms with van der Waals surface area (Å²) in [5.74, 6) is 0.164. The van der Waals surface area contributed by atoms with Crippen LogP contribution in [-0.2, 0) is 19.9 Å². The first-order valence-electron chi connectivity index (χ1n) is 6.61. The lowest BCUT2D eigenvalue weighted by molar-refractivity contribution is 0.271. The molecule has 1 saturated heterocycles. The minimum atomic E-state index is -3.65. The van der Waals surface area contributed by atoms with Gasteiger partial charge in [0.1, 0.15) is 4.90 Å². The first-order chi connectivity index (χ1) is 9.75. The second kappa shape index (κ2) is 5.99. The van der Waals surface area contributed by atoms with E-state index in [0.717, 1.165) is 25.3 Å². The molecule has 0 saturated carbocycles. The van der Waals surface area contributed by atoms with Crippen molar-refractivity contribution in [2.75, 3.05) is 25.9 Å². The molecule has 1 atom stereocenters. The quantitative estimate of drug-likeness (QED) is 0.820. The van der Waals surface area contributed by atoms with Crippen molar-refractivity contribution in [2.45, 2.75) is 22.8 Å². The van der Waals surface area contributed by atoms with Crippen LogP contribution in [0.2, 0.25) is 0 Å². The number of piperidine rings is 1. The second-order valence-electron chi connectivity index (χ2n) is 5.21. The van der Waals surface area contributed by atoms with Crippen molar-refractivity contribution in [2.24, 2.45) is 11.7 Å². The number of hydrogen-bond donors (Lipinski definition) is 1. The third-order valence-electron chi connectivity index (χ3n) is 3.54. The summed E-state index contributed by atoms with van der Waals surface area (Å²) in [6, 6.07) is 2.50. The largest absolute Gasteiger partial charge is 0.330 e. The van der Waals surface area contributed by atoms with Crippen LogP contribution in [0.25, 0.3) is 0 Å². The van der Waals surface area contributed by atoms with Crippen molar-refractivity contribution in [1.82, 2.24) is 9.29 Å². The van der Waals surface area contributed by atoms with Gasteiger partial charge in [-0.15, -0.1) is 0 Å². The highest BCUT2D eigenvalue weighted by atomic mass is 32.2. The summed E-state index contributed by atoms with van der Waals surface area (Å²) < 4.78 is 49.1. The summed E-state index contributed by atoms with van der Waals surface area (Å²) in [6.45, 7) is 1.30. The van der Waals surface area contributed by atoms with Crippen molar-refractivity contribution >= 4 is 19.9 Å². The molecular weight excluding hydrogens is 314 g/mol. The highest BCUT2D eigenvalue weighted by Gasteiger charge is 2.30. The molecule has 0 spiro atoms. The molecule has 2 N–H and O–H groups in total. The van der Waals surface area contributed by atoms with E-state index in [0.29, 0.717) is 19.6 Å². The van der Waals surface area contributed by atoms with E-state index < -0.39 is 19.9 Å². The van der Waals surface area contributed by atoms with Gasteiger partial charge in [-0.25, -0.2) is 21.8 Å². The molecule has 7 nitrogen and oxygen atoms in total. The summed E-state index contributed by atoms with van der Waals surface area (Å²) in [6.07, 6.45) is 3.82. The summed E-state index contributed by atoms with van der Waals surface area (Å²) >= 11 is 0. The van der Waals surface area contributed by atoms with Gasteiger partial charge in [-0.2, -0.15) is 4.31 Å². The van der Waals surface area contributed by atoms with Crippen LogP contribution < -0.4 is 5.73 Å². The molecule has 0 radical (unpaired) electrons. The summed E-state index contributed by atoms with van der Waals surface area (Å²) in [5, 5.41) is -0.139. The molecule has 1 aromatic rings. The maximum absolute atomic E-state index is 12.5. The maximum Gasteiger partial charge on any atom is 0.244 e. The van der Waals surface area contributed by atoms with Crippen LogP contribution in [-0.4, -0.2) is 52.0 Å². The Balaban J connectivity index is 2.27. The smallest absolute Gasteiger partial charge is 0.244 e. The average Bonchev–Trinajstić information content (AvgIpc) is 2.46. The first-order valence-corrected chi connectivity index (χ1v) is 9.94. The molecule has 118 valence electrons. The topological polar surface area (TPSA) is 110 Å². The van der Waals surface area contributed by atoms with Gasteiger partial charge < -0.3 is 5.73 Å². The fraction of sp³-hybridized carbons (Fsp3) is 0.583. The fourth-order valence-electron chi connectivity index (χ4n) is 2.33. The molecule has 1 fully saturated rings. The standard InChI is InChI=1S/C12H19N3O4S2/c1-20(16,17)12-5-4-11(8-14-12)21(18,19)15-6-2-3-10(7-13)9-15/h4-5,8,10H,2-3,6-7,9,13H2,1H3. The molecule has 1 unspecified atom stereocenters. The zero-order valence-electron chi connectivity index (χ0n) is 11.8. The Morgan fingerprint density at radius 3 is 2.57 bits per heavy atom. The van der Waals surface area contributed by atoms with Crippen LogP contribution in [0.5, 0.6) is 0 Å². The molecule has 1 aliphatic heterocycles. The van der Waals surface area contributed by atoms with Crippen LogP contribution in [0.4, 0.5) is 0 Å². The molecule has 1 aromatic heterocycles. The highest BCUT2D eigenvalue weighted by Crippen LogP contribution is 2.23. The lowest BCUT2D eigenvalue weighted by Crippen LogP contribution is -2.42. The Labute approximate surface area is 125 Å². The Kier molecular flexibility index (Phi) is 4.66. The lowest BCUT2D eigenvalue weighted by atomic mass is 10.0. The van der Waals surface area contributed by atoms with Crippen LogP contribution in [0.15, 0.2) is 28.3 Å². The molecular formula is C12H19N3O4S2. The number of sulfonamides is 1. The van der Waals surface area contributed by atoms with Crippen LogP contribution >= 0.6 is 0 Å². The van der Waals surface area contributed by atoms with Crippen molar-refractivity contribution in [3.63, 3.8) is 0 Å². The monoisotopic (exact) mass is 333 g/mol. The predicted molar refractivity (Wildman–Crippen MR) is 77.9 cm³/mol. The van der Waals surface area contributed by atoms with E-state index in [2.05, 4.69) is 4.98 Å². The first kappa shape index (κ1) is 16.3. The summed E-state index contributed by atoms with van der Waals surface area (Å²) in [5.41, 5.74) is 5.61. The van der Waals surface area contributed by atoms with Gasteiger partial charge in [-0.1, -0.05) is 0 Å². The second-order valence-corrected chi connectivity index (χ2v) is 9.11. The Morgan fingerprint density at radius 2 is 2.05 bits per heavy atom. The number of nitrogens with two attached hydrogens (primary N) is 1. The van der Waals surface area contributed by atoms with E-state index in [9.17, 15) is 16.8 Å². The third-order valence-corrected chi connectivity index (χ3v) is 6.39. The van der Waals surface area contributed by atoms with Gasteiger partial charge in [0.15, 0.2) is 14.9 Å². The number of nitrogens with zero attached hydrogens (tertiary/aromatic N) is 2. The fourth-order valence-corrected chi connectivity index (χ4v) is 4.39. The predicted octanol–water partition coefficient (Wildman–Crippen LogP) is -0.155. The van der Waals surface area contributed by atoms with E-state index in [1.165, 1.54) is 16.4 Å². The maximum atomic E-state index is 12.5. The molecule has 0 bridgehead atoms. The van der Waals surface area contributed by atoms with Gasteiger partial charge in [0, 0.05) is 25.5 Å². The highest BCUT2D eigenvalue weighted by molar-refractivity contribution is 7.90. The molecule has 2 heterocycles. The molecule has 0 aliphatic carbocycles. The molecule has 1 aliphatic rings. The normalized spacial score (nSPS) is 21.3. The molecule has 0 amide bonds. The number of sulfone groups is 1. The Morgan fingerprint density at radius 1 is 1.33 bits per heavy atom. The zero-order chi connectivity index (χ0) is 15.7. The van der Waals surface area contributed by atoms with Crippen molar-refractivity contribution in [3.8, 4) is 0 Å². The molecule has 2 rings (SSSR count). The Hall–Kier alpha value is -1.03. The van der Waals surface area contributed by atoms with Crippen molar-refractivity contribution in [3.05, 3.63) is 18.3 Å². The molecule has 9 heteroatoms. The van der Waals surface area contributed by atoms with E-state index in [1.54, 1.807) is 0 Å². The SMILES string of the molecule is CS(=O)(=O)c1ccc(S(=O)(=O)N2CCCC(CN)C2)cn1. The third kappa shape index (κ3) is 3.60. The van der Waals surface area contributed by atoms with Gasteiger partial charge >= 0.3 is 0 Å². The van der Waals surface area contributed by atoms with E-state index in [4.69, 9.17) is 5.73 Å². The van der Waals surface area contributed by atoms with Crippen molar-refractivity contribution in [1.29, 1.82) is 0 Å². The molecule has 21 heavy (non-hydrogen) atoms. The minimum absolute atomic E-state index is 0.00701. The van der Waals surface area contributed by atoms with Gasteiger partial charge in [0.25, 0.3) is 0 Å². The van der Waals surface area contributed by atoms with E-state index in [1.807, 2.05) is 0 Å². The minimum Gasteiger partial charge on any atom is -0.330 e. The zero-order valence-corrected chi connectivity index (χ0v) is 13.4. The van der Waals surface area contributed by atoms with E-state index >= 15 is 0 Å². The van der Waals surface area contributed by atoms with Gasteiger partial charge in [0.2, 0.25) is 10.0 Å². The van der Waals surface area contributed by atoms with Crippen molar-refractivity contribution < 1.29 is 16.8 Å². The Bertz CT molecular complexity index is 699. The number of rotatable bonds is 4. The van der Waals surface area contributed by atoms with Gasteiger partial charge in [-0.05, 0) is 37.4 Å². The number of hydrogen-bond acceptors (Lipinski definition) is 6. The summed E-state index contributed by atoms with van der Waals surface area (Å²) in [7, 11) is -7.09. The average molecular weight is 333 g/mol. The van der Waals surface area contributed by atoms with Gasteiger partial charge in [0.05, 0.1) is 0 Å². The number of pyridine rings is 1. The molecule has 0 aromatic carbocycles.